The molecule has 3 aromatic rings. The number of carbonyl (C=O) groups excluding carboxylic acids is 1. The highest BCUT2D eigenvalue weighted by atomic mass is 16.1. The first kappa shape index (κ1) is 14.3. The molecule has 3 rings (SSSR count). The van der Waals surface area contributed by atoms with Crippen LogP contribution in [-0.4, -0.2) is 15.7 Å². The van der Waals surface area contributed by atoms with E-state index >= 15 is 0 Å². The van der Waals surface area contributed by atoms with E-state index < -0.39 is 0 Å². The monoisotopic (exact) mass is 293 g/mol. The number of fused-ring (bicyclic) bond motifs is 1. The van der Waals surface area contributed by atoms with Gasteiger partial charge in [0, 0.05) is 17.5 Å². The summed E-state index contributed by atoms with van der Waals surface area (Å²) < 4.78 is 1.90. The SMILES string of the molecule is Cc1cccc(NC(=O)CCn2ncc3cccc(C)c32)c1. The molecule has 0 aliphatic carbocycles. The molecule has 0 spiro atoms. The molecule has 0 fully saturated rings. The zero-order valence-electron chi connectivity index (χ0n) is 12.8. The Balaban J connectivity index is 1.68. The third-order valence-electron chi connectivity index (χ3n) is 3.72. The summed E-state index contributed by atoms with van der Waals surface area (Å²) in [6.45, 7) is 4.65. The fourth-order valence-electron chi connectivity index (χ4n) is 2.65. The Bertz CT molecular complexity index is 820. The van der Waals surface area contributed by atoms with Gasteiger partial charge in [0.25, 0.3) is 0 Å². The first-order valence-corrected chi connectivity index (χ1v) is 7.41. The summed E-state index contributed by atoms with van der Waals surface area (Å²) in [6, 6.07) is 13.9. The number of rotatable bonds is 4. The molecule has 4 heteroatoms. The van der Waals surface area contributed by atoms with Gasteiger partial charge < -0.3 is 5.32 Å². The number of aromatic nitrogens is 2. The topological polar surface area (TPSA) is 46.9 Å². The van der Waals surface area contributed by atoms with Crippen molar-refractivity contribution < 1.29 is 4.79 Å². The summed E-state index contributed by atoms with van der Waals surface area (Å²) in [4.78, 5) is 12.1. The smallest absolute Gasteiger partial charge is 0.226 e. The molecule has 2 aromatic carbocycles. The molecule has 0 atom stereocenters. The number of amides is 1. The average Bonchev–Trinajstić information content (AvgIpc) is 2.90. The molecule has 1 N–H and O–H groups in total. The second-order valence-electron chi connectivity index (χ2n) is 5.55. The van der Waals surface area contributed by atoms with Crippen molar-refractivity contribution in [3.05, 3.63) is 59.8 Å². The molecule has 0 saturated heterocycles. The van der Waals surface area contributed by atoms with Gasteiger partial charge in [-0.15, -0.1) is 0 Å². The lowest BCUT2D eigenvalue weighted by Gasteiger charge is -2.08. The predicted octanol–water partition coefficient (Wildman–Crippen LogP) is 3.68. The predicted molar refractivity (Wildman–Crippen MR) is 88.9 cm³/mol. The van der Waals surface area contributed by atoms with Crippen molar-refractivity contribution >= 4 is 22.5 Å². The number of para-hydroxylation sites is 1. The number of hydrogen-bond donors (Lipinski definition) is 1. The Labute approximate surface area is 129 Å². The van der Waals surface area contributed by atoms with Crippen LogP contribution in [0.3, 0.4) is 0 Å². The van der Waals surface area contributed by atoms with E-state index in [0.29, 0.717) is 13.0 Å². The summed E-state index contributed by atoms with van der Waals surface area (Å²) in [5.41, 5.74) is 4.25. The van der Waals surface area contributed by atoms with Crippen LogP contribution in [0.4, 0.5) is 5.69 Å². The highest BCUT2D eigenvalue weighted by molar-refractivity contribution is 5.91. The lowest BCUT2D eigenvalue weighted by atomic mass is 10.2. The number of nitrogens with zero attached hydrogens (tertiary/aromatic N) is 2. The lowest BCUT2D eigenvalue weighted by molar-refractivity contribution is -0.116. The van der Waals surface area contributed by atoms with Gasteiger partial charge in [0.05, 0.1) is 18.3 Å². The van der Waals surface area contributed by atoms with Crippen molar-refractivity contribution in [1.29, 1.82) is 0 Å². The van der Waals surface area contributed by atoms with Gasteiger partial charge in [-0.1, -0.05) is 30.3 Å². The Morgan fingerprint density at radius 2 is 2.00 bits per heavy atom. The van der Waals surface area contributed by atoms with Crippen LogP contribution in [0.2, 0.25) is 0 Å². The molecule has 4 nitrogen and oxygen atoms in total. The van der Waals surface area contributed by atoms with E-state index in [0.717, 1.165) is 22.2 Å². The van der Waals surface area contributed by atoms with Gasteiger partial charge in [-0.3, -0.25) is 9.48 Å². The van der Waals surface area contributed by atoms with Gasteiger partial charge >= 0.3 is 0 Å². The first-order chi connectivity index (χ1) is 10.6. The van der Waals surface area contributed by atoms with Crippen molar-refractivity contribution in [1.82, 2.24) is 9.78 Å². The minimum atomic E-state index is 0.00262. The van der Waals surface area contributed by atoms with Crippen LogP contribution in [0.1, 0.15) is 17.5 Å². The maximum absolute atomic E-state index is 12.1. The van der Waals surface area contributed by atoms with Crippen LogP contribution in [0.5, 0.6) is 0 Å². The van der Waals surface area contributed by atoms with Crippen LogP contribution < -0.4 is 5.32 Å². The maximum atomic E-state index is 12.1. The fraction of sp³-hybridized carbons (Fsp3) is 0.222. The number of carbonyl (C=O) groups is 1. The van der Waals surface area contributed by atoms with E-state index in [9.17, 15) is 4.79 Å². The van der Waals surface area contributed by atoms with Crippen LogP contribution in [0.25, 0.3) is 10.9 Å². The standard InChI is InChI=1S/C18H19N3O/c1-13-5-3-8-16(11-13)20-17(22)9-10-21-18-14(2)6-4-7-15(18)12-19-21/h3-8,11-12H,9-10H2,1-2H3,(H,20,22). The highest BCUT2D eigenvalue weighted by Crippen LogP contribution is 2.18. The summed E-state index contributed by atoms with van der Waals surface area (Å²) in [5, 5.41) is 8.42. The Kier molecular flexibility index (Phi) is 3.92. The van der Waals surface area contributed by atoms with E-state index in [1.54, 1.807) is 0 Å². The lowest BCUT2D eigenvalue weighted by Crippen LogP contribution is -2.15. The molecule has 0 bridgehead atoms. The van der Waals surface area contributed by atoms with Gasteiger partial charge in [0.2, 0.25) is 5.91 Å². The Morgan fingerprint density at radius 1 is 1.18 bits per heavy atom. The minimum absolute atomic E-state index is 0.00262. The van der Waals surface area contributed by atoms with E-state index in [2.05, 4.69) is 23.4 Å². The summed E-state index contributed by atoms with van der Waals surface area (Å²) in [5.74, 6) is 0.00262. The first-order valence-electron chi connectivity index (χ1n) is 7.41. The van der Waals surface area contributed by atoms with Crippen LogP contribution >= 0.6 is 0 Å². The molecule has 0 saturated carbocycles. The van der Waals surface area contributed by atoms with Gasteiger partial charge in [0.15, 0.2) is 0 Å². The van der Waals surface area contributed by atoms with Crippen LogP contribution in [-0.2, 0) is 11.3 Å². The third kappa shape index (κ3) is 3.01. The summed E-state index contributed by atoms with van der Waals surface area (Å²) in [7, 11) is 0. The largest absolute Gasteiger partial charge is 0.326 e. The third-order valence-corrected chi connectivity index (χ3v) is 3.72. The molecule has 1 aromatic heterocycles. The van der Waals surface area contributed by atoms with E-state index in [4.69, 9.17) is 0 Å². The number of aryl methyl sites for hydroxylation is 3. The molecular weight excluding hydrogens is 274 g/mol. The molecule has 1 amide bonds. The van der Waals surface area contributed by atoms with Gasteiger partial charge in [-0.05, 0) is 37.1 Å². The van der Waals surface area contributed by atoms with Crippen molar-refractivity contribution in [3.8, 4) is 0 Å². The Hall–Kier alpha value is -2.62. The zero-order chi connectivity index (χ0) is 15.5. The van der Waals surface area contributed by atoms with Crippen molar-refractivity contribution in [2.24, 2.45) is 0 Å². The molecule has 22 heavy (non-hydrogen) atoms. The zero-order valence-corrected chi connectivity index (χ0v) is 12.8. The molecule has 1 heterocycles. The molecule has 0 radical (unpaired) electrons. The molecule has 0 aliphatic rings. The van der Waals surface area contributed by atoms with E-state index in [1.165, 1.54) is 5.56 Å². The number of hydrogen-bond acceptors (Lipinski definition) is 2. The number of nitrogens with one attached hydrogen (secondary N) is 1. The number of anilines is 1. The van der Waals surface area contributed by atoms with Gasteiger partial charge in [-0.25, -0.2) is 0 Å². The van der Waals surface area contributed by atoms with Gasteiger partial charge in [-0.2, -0.15) is 5.10 Å². The number of benzene rings is 2. The normalized spacial score (nSPS) is 10.8. The quantitative estimate of drug-likeness (QED) is 0.797. The van der Waals surface area contributed by atoms with Crippen molar-refractivity contribution in [3.63, 3.8) is 0 Å². The summed E-state index contributed by atoms with van der Waals surface area (Å²) in [6.07, 6.45) is 2.25. The van der Waals surface area contributed by atoms with Crippen LogP contribution in [0, 0.1) is 13.8 Å². The van der Waals surface area contributed by atoms with Crippen molar-refractivity contribution in [2.45, 2.75) is 26.8 Å². The second-order valence-corrected chi connectivity index (χ2v) is 5.55. The maximum Gasteiger partial charge on any atom is 0.226 e. The van der Waals surface area contributed by atoms with Gasteiger partial charge in [0.1, 0.15) is 0 Å². The minimum Gasteiger partial charge on any atom is -0.326 e. The van der Waals surface area contributed by atoms with E-state index in [-0.39, 0.29) is 5.91 Å². The van der Waals surface area contributed by atoms with Crippen LogP contribution in [0.15, 0.2) is 48.7 Å². The molecular formula is C18H19N3O. The molecule has 0 aliphatic heterocycles. The second kappa shape index (κ2) is 6.02. The average molecular weight is 293 g/mol. The Morgan fingerprint density at radius 3 is 2.82 bits per heavy atom. The molecule has 112 valence electrons. The highest BCUT2D eigenvalue weighted by Gasteiger charge is 2.08. The van der Waals surface area contributed by atoms with Crippen molar-refractivity contribution in [2.75, 3.05) is 5.32 Å². The van der Waals surface area contributed by atoms with E-state index in [1.807, 2.05) is 54.2 Å². The fourth-order valence-corrected chi connectivity index (χ4v) is 2.65. The molecule has 0 unspecified atom stereocenters. The summed E-state index contributed by atoms with van der Waals surface area (Å²) >= 11 is 0.